The highest BCUT2D eigenvalue weighted by atomic mass is 16.6. The molecule has 0 aliphatic carbocycles. The number of likely N-dealkylation sites (tertiary alicyclic amines) is 1. The van der Waals surface area contributed by atoms with Crippen molar-refractivity contribution in [3.05, 3.63) is 24.3 Å². The first-order chi connectivity index (χ1) is 13.7. The van der Waals surface area contributed by atoms with Gasteiger partial charge in [0, 0.05) is 13.1 Å². The van der Waals surface area contributed by atoms with E-state index in [4.69, 9.17) is 9.47 Å². The van der Waals surface area contributed by atoms with E-state index in [-0.39, 0.29) is 24.0 Å². The molecule has 0 bridgehead atoms. The van der Waals surface area contributed by atoms with Gasteiger partial charge in [0.25, 0.3) is 5.91 Å². The van der Waals surface area contributed by atoms with Gasteiger partial charge in [-0.05, 0) is 65.1 Å². The minimum atomic E-state index is -0.844. The molecule has 3 heterocycles. The average molecular weight is 402 g/mol. The molecule has 158 valence electrons. The van der Waals surface area contributed by atoms with Gasteiger partial charge < -0.3 is 14.8 Å². The lowest BCUT2D eigenvalue weighted by atomic mass is 9.79. The molecule has 3 aliphatic heterocycles. The van der Waals surface area contributed by atoms with E-state index in [0.717, 1.165) is 44.0 Å². The van der Waals surface area contributed by atoms with E-state index in [0.29, 0.717) is 6.61 Å². The van der Waals surface area contributed by atoms with E-state index in [1.807, 2.05) is 38.1 Å². The molecule has 7 heteroatoms. The molecule has 3 aliphatic rings. The van der Waals surface area contributed by atoms with E-state index in [2.05, 4.69) is 10.2 Å². The minimum Gasteiger partial charge on any atom is -0.486 e. The summed E-state index contributed by atoms with van der Waals surface area (Å²) in [6.45, 7) is 10.7. The number of imide groups is 1. The topological polar surface area (TPSA) is 71.1 Å². The molecule has 0 radical (unpaired) electrons. The molecule has 0 spiro atoms. The molecule has 3 amide bonds. The fraction of sp³-hybridized carbons (Fsp3) is 0.636. The van der Waals surface area contributed by atoms with Gasteiger partial charge in [0.2, 0.25) is 0 Å². The molecule has 29 heavy (non-hydrogen) atoms. The first kappa shape index (κ1) is 20.0. The van der Waals surface area contributed by atoms with Gasteiger partial charge in [0.15, 0.2) is 11.5 Å². The zero-order valence-electron chi connectivity index (χ0n) is 17.7. The van der Waals surface area contributed by atoms with Crippen LogP contribution in [0.15, 0.2) is 24.3 Å². The number of fused-ring (bicyclic) bond motifs is 1. The summed E-state index contributed by atoms with van der Waals surface area (Å²) < 4.78 is 12.0. The summed E-state index contributed by atoms with van der Waals surface area (Å²) in [6, 6.07) is 7.46. The van der Waals surface area contributed by atoms with Crippen molar-refractivity contribution in [3.8, 4) is 11.5 Å². The predicted molar refractivity (Wildman–Crippen MR) is 109 cm³/mol. The second kappa shape index (κ2) is 7.20. The van der Waals surface area contributed by atoms with Crippen molar-refractivity contribution in [1.29, 1.82) is 0 Å². The predicted octanol–water partition coefficient (Wildman–Crippen LogP) is 2.65. The van der Waals surface area contributed by atoms with Gasteiger partial charge >= 0.3 is 6.03 Å². The third-order valence-electron chi connectivity index (χ3n) is 6.47. The first-order valence-electron chi connectivity index (χ1n) is 10.5. The van der Waals surface area contributed by atoms with Crippen LogP contribution in [0, 0.1) is 5.92 Å². The number of para-hydroxylation sites is 2. The number of benzene rings is 1. The molecule has 2 atom stereocenters. The molecule has 0 aromatic heterocycles. The highest BCUT2D eigenvalue weighted by molar-refractivity contribution is 6.07. The molecular formula is C22H31N3O4. The summed E-state index contributed by atoms with van der Waals surface area (Å²) in [5.41, 5.74) is -1.40. The van der Waals surface area contributed by atoms with Crippen LogP contribution in [0.5, 0.6) is 11.5 Å². The number of piperidine rings is 1. The van der Waals surface area contributed by atoms with Crippen molar-refractivity contribution in [2.45, 2.75) is 57.7 Å². The molecule has 2 saturated heterocycles. The highest BCUT2D eigenvalue weighted by Crippen LogP contribution is 2.36. The van der Waals surface area contributed by atoms with Crippen LogP contribution in [-0.2, 0) is 4.79 Å². The summed E-state index contributed by atoms with van der Waals surface area (Å²) >= 11 is 0. The van der Waals surface area contributed by atoms with Crippen LogP contribution in [0.4, 0.5) is 4.79 Å². The Hall–Kier alpha value is -2.28. The van der Waals surface area contributed by atoms with E-state index >= 15 is 0 Å². The largest absolute Gasteiger partial charge is 0.486 e. The fourth-order valence-electron chi connectivity index (χ4n) is 4.69. The second-order valence-corrected chi connectivity index (χ2v) is 9.45. The van der Waals surface area contributed by atoms with E-state index in [1.54, 1.807) is 13.8 Å². The Morgan fingerprint density at radius 2 is 1.93 bits per heavy atom. The second-order valence-electron chi connectivity index (χ2n) is 9.45. The molecule has 1 N–H and O–H groups in total. The van der Waals surface area contributed by atoms with Gasteiger partial charge in [0.05, 0.1) is 5.54 Å². The van der Waals surface area contributed by atoms with Crippen LogP contribution in [0.25, 0.3) is 0 Å². The number of ether oxygens (including phenoxy) is 2. The summed E-state index contributed by atoms with van der Waals surface area (Å²) in [5, 5.41) is 2.81. The van der Waals surface area contributed by atoms with Crippen LogP contribution in [0.2, 0.25) is 0 Å². The van der Waals surface area contributed by atoms with Gasteiger partial charge in [-0.2, -0.15) is 0 Å². The van der Waals surface area contributed by atoms with Gasteiger partial charge in [-0.1, -0.05) is 12.1 Å². The number of urea groups is 1. The van der Waals surface area contributed by atoms with E-state index in [1.165, 1.54) is 4.90 Å². The standard InChI is InChI=1S/C22H31N3O4/c1-21(2)19(26)25(20(27)23-21)22(3,4)15-8-7-11-24(12-15)13-16-14-28-17-9-5-6-10-18(17)29-16/h5-6,9-10,15-16H,7-8,11-14H2,1-4H3,(H,23,27)/t15-,16-/m0/s1. The van der Waals surface area contributed by atoms with Crippen LogP contribution >= 0.6 is 0 Å². The monoisotopic (exact) mass is 401 g/mol. The number of hydrogen-bond acceptors (Lipinski definition) is 5. The zero-order valence-corrected chi connectivity index (χ0v) is 17.7. The Morgan fingerprint density at radius 1 is 1.21 bits per heavy atom. The Bertz CT molecular complexity index is 807. The highest BCUT2D eigenvalue weighted by Gasteiger charge is 2.53. The van der Waals surface area contributed by atoms with Crippen molar-refractivity contribution in [2.75, 3.05) is 26.2 Å². The average Bonchev–Trinajstić information content (AvgIpc) is 2.89. The molecule has 1 aromatic carbocycles. The summed E-state index contributed by atoms with van der Waals surface area (Å²) in [7, 11) is 0. The minimum absolute atomic E-state index is 0.0255. The van der Waals surface area contributed by atoms with Crippen LogP contribution < -0.4 is 14.8 Å². The number of hydrogen-bond donors (Lipinski definition) is 1. The van der Waals surface area contributed by atoms with Gasteiger partial charge in [0.1, 0.15) is 18.2 Å². The number of carbonyl (C=O) groups excluding carboxylic acids is 2. The maximum absolute atomic E-state index is 12.8. The lowest BCUT2D eigenvalue weighted by Gasteiger charge is -2.45. The van der Waals surface area contributed by atoms with Gasteiger partial charge in [-0.15, -0.1) is 0 Å². The van der Waals surface area contributed by atoms with E-state index < -0.39 is 11.1 Å². The van der Waals surface area contributed by atoms with Crippen LogP contribution in [0.1, 0.15) is 40.5 Å². The first-order valence-corrected chi connectivity index (χ1v) is 10.5. The lowest BCUT2D eigenvalue weighted by Crippen LogP contribution is -2.58. The van der Waals surface area contributed by atoms with Gasteiger partial charge in [-0.25, -0.2) is 4.79 Å². The maximum Gasteiger partial charge on any atom is 0.325 e. The number of rotatable bonds is 4. The molecule has 0 saturated carbocycles. The molecule has 1 aromatic rings. The van der Waals surface area contributed by atoms with Crippen molar-refractivity contribution in [1.82, 2.24) is 15.1 Å². The van der Waals surface area contributed by atoms with Crippen molar-refractivity contribution in [3.63, 3.8) is 0 Å². The Balaban J connectivity index is 1.42. The lowest BCUT2D eigenvalue weighted by molar-refractivity contribution is -0.136. The summed E-state index contributed by atoms with van der Waals surface area (Å²) in [6.07, 6.45) is 2.00. The number of amides is 3. The smallest absolute Gasteiger partial charge is 0.325 e. The van der Waals surface area contributed by atoms with Crippen molar-refractivity contribution in [2.24, 2.45) is 5.92 Å². The zero-order chi connectivity index (χ0) is 20.8. The Morgan fingerprint density at radius 3 is 2.62 bits per heavy atom. The Kier molecular flexibility index (Phi) is 4.97. The molecular weight excluding hydrogens is 370 g/mol. The molecule has 0 unspecified atom stereocenters. The third kappa shape index (κ3) is 3.68. The van der Waals surface area contributed by atoms with Crippen LogP contribution in [0.3, 0.4) is 0 Å². The molecule has 2 fully saturated rings. The van der Waals surface area contributed by atoms with Crippen LogP contribution in [-0.4, -0.2) is 65.2 Å². The Labute approximate surface area is 172 Å². The molecule has 7 nitrogen and oxygen atoms in total. The number of carbonyl (C=O) groups is 2. The third-order valence-corrected chi connectivity index (χ3v) is 6.47. The summed E-state index contributed by atoms with van der Waals surface area (Å²) in [4.78, 5) is 29.2. The van der Waals surface area contributed by atoms with Crippen molar-refractivity contribution >= 4 is 11.9 Å². The maximum atomic E-state index is 12.8. The fourth-order valence-corrected chi connectivity index (χ4v) is 4.69. The summed E-state index contributed by atoms with van der Waals surface area (Å²) in [5.74, 6) is 1.64. The normalized spacial score (nSPS) is 27.1. The quantitative estimate of drug-likeness (QED) is 0.786. The number of nitrogens with zero attached hydrogens (tertiary/aromatic N) is 2. The molecule has 4 rings (SSSR count). The van der Waals surface area contributed by atoms with Gasteiger partial charge in [-0.3, -0.25) is 14.6 Å². The number of nitrogens with one attached hydrogen (secondary N) is 1. The van der Waals surface area contributed by atoms with Crippen molar-refractivity contribution < 1.29 is 19.1 Å². The van der Waals surface area contributed by atoms with E-state index in [9.17, 15) is 9.59 Å². The SMILES string of the molecule is CC1(C)NC(=O)N(C(C)(C)[C@H]2CCCN(C[C@H]3COc4ccccc4O3)C2)C1=O.